The third-order valence-corrected chi connectivity index (χ3v) is 5.03. The molecule has 10 heteroatoms. The van der Waals surface area contributed by atoms with Crippen molar-refractivity contribution in [2.75, 3.05) is 6.54 Å². The molecule has 2 aliphatic heterocycles. The van der Waals surface area contributed by atoms with Crippen molar-refractivity contribution in [1.29, 1.82) is 0 Å². The number of H-pyrrole nitrogens is 1. The van der Waals surface area contributed by atoms with Crippen molar-refractivity contribution in [2.45, 2.75) is 25.2 Å². The molecular weight excluding hydrogens is 371 g/mol. The van der Waals surface area contributed by atoms with Crippen LogP contribution in [0.4, 0.5) is 13.2 Å². The fourth-order valence-electron chi connectivity index (χ4n) is 3.78. The van der Waals surface area contributed by atoms with E-state index >= 15 is 0 Å². The monoisotopic (exact) mass is 385 g/mol. The maximum atomic E-state index is 14.4. The first-order valence-electron chi connectivity index (χ1n) is 8.73. The lowest BCUT2D eigenvalue weighted by molar-refractivity contribution is 0.341. The molecule has 0 spiro atoms. The van der Waals surface area contributed by atoms with Crippen LogP contribution < -0.4 is 0 Å². The molecule has 1 saturated heterocycles. The number of aliphatic imine (C=N–C) groups is 1. The predicted octanol–water partition coefficient (Wildman–Crippen LogP) is 2.59. The Morgan fingerprint density at radius 2 is 2.07 bits per heavy atom. The van der Waals surface area contributed by atoms with E-state index in [0.717, 1.165) is 23.9 Å². The van der Waals surface area contributed by atoms with Crippen LogP contribution in [0.5, 0.6) is 0 Å². The number of nitrogens with one attached hydrogen (secondary N) is 1. The molecule has 0 unspecified atom stereocenters. The van der Waals surface area contributed by atoms with E-state index in [2.05, 4.69) is 30.6 Å². The molecule has 1 fully saturated rings. The molecule has 0 bridgehead atoms. The Balaban J connectivity index is 1.55. The Kier molecular flexibility index (Phi) is 3.85. The average Bonchev–Trinajstić information content (AvgIpc) is 3.42. The molecule has 7 nitrogen and oxygen atoms in total. The van der Waals surface area contributed by atoms with Gasteiger partial charge in [0, 0.05) is 29.3 Å². The first kappa shape index (κ1) is 16.8. The molecule has 0 saturated carbocycles. The Hall–Kier alpha value is -3.30. The van der Waals surface area contributed by atoms with Gasteiger partial charge in [-0.15, -0.1) is 10.2 Å². The van der Waals surface area contributed by atoms with Gasteiger partial charge in [0.25, 0.3) is 0 Å². The number of amidine groups is 1. The fraction of sp³-hybridized carbons (Fsp3) is 0.278. The number of halogens is 3. The van der Waals surface area contributed by atoms with Gasteiger partial charge in [-0.25, -0.2) is 13.2 Å². The van der Waals surface area contributed by atoms with Crippen LogP contribution in [0.3, 0.4) is 0 Å². The van der Waals surface area contributed by atoms with Crippen LogP contribution in [0.25, 0.3) is 11.4 Å². The first-order valence-corrected chi connectivity index (χ1v) is 8.73. The second kappa shape index (κ2) is 6.39. The van der Waals surface area contributed by atoms with Gasteiger partial charge in [0.15, 0.2) is 0 Å². The number of tetrazole rings is 1. The number of likely N-dealkylation sites (tertiary alicyclic amines) is 1. The van der Waals surface area contributed by atoms with Gasteiger partial charge in [-0.1, -0.05) is 0 Å². The average molecular weight is 385 g/mol. The standard InChI is InChI=1S/C18H14F3N7/c19-10-1-2-14(21)12(4-10)16-5-11(20)8-28(16)18-13-3-9(17-24-26-27-25-17)6-22-15(13)7-23-18/h1-4,6,11,16H,5,7-8H2,(H,24,25,26,27)/t11-,16+/m0/s1. The third kappa shape index (κ3) is 2.72. The van der Waals surface area contributed by atoms with Gasteiger partial charge in [-0.2, -0.15) is 5.21 Å². The van der Waals surface area contributed by atoms with Crippen molar-refractivity contribution >= 4 is 5.84 Å². The van der Waals surface area contributed by atoms with Gasteiger partial charge < -0.3 is 4.90 Å². The fourth-order valence-corrected chi connectivity index (χ4v) is 3.78. The van der Waals surface area contributed by atoms with E-state index in [1.54, 1.807) is 11.1 Å². The molecule has 2 aliphatic rings. The quantitative estimate of drug-likeness (QED) is 0.733. The Bertz CT molecular complexity index is 1070. The number of rotatable bonds is 2. The van der Waals surface area contributed by atoms with Crippen LogP contribution in [0.15, 0.2) is 35.5 Å². The van der Waals surface area contributed by atoms with Crippen LogP contribution in [-0.2, 0) is 6.54 Å². The molecule has 2 atom stereocenters. The number of fused-ring (bicyclic) bond motifs is 1. The van der Waals surface area contributed by atoms with Crippen molar-refractivity contribution in [3.8, 4) is 11.4 Å². The van der Waals surface area contributed by atoms with Gasteiger partial charge in [-0.3, -0.25) is 9.98 Å². The summed E-state index contributed by atoms with van der Waals surface area (Å²) in [6, 6.07) is 4.40. The van der Waals surface area contributed by atoms with E-state index in [1.807, 2.05) is 6.07 Å². The van der Waals surface area contributed by atoms with Gasteiger partial charge in [0.05, 0.1) is 24.8 Å². The molecule has 0 aliphatic carbocycles. The first-order chi connectivity index (χ1) is 13.6. The molecule has 3 aromatic rings. The number of aromatic nitrogens is 5. The van der Waals surface area contributed by atoms with E-state index in [4.69, 9.17) is 0 Å². The lowest BCUT2D eigenvalue weighted by atomic mass is 10.0. The number of alkyl halides is 1. The highest BCUT2D eigenvalue weighted by molar-refractivity contribution is 6.02. The van der Waals surface area contributed by atoms with E-state index < -0.39 is 23.8 Å². The van der Waals surface area contributed by atoms with Gasteiger partial charge in [0.1, 0.15) is 23.6 Å². The number of hydrogen-bond acceptors (Lipinski definition) is 6. The van der Waals surface area contributed by atoms with Crippen molar-refractivity contribution in [2.24, 2.45) is 4.99 Å². The van der Waals surface area contributed by atoms with Crippen LogP contribution in [0.1, 0.15) is 29.3 Å². The van der Waals surface area contributed by atoms with Crippen molar-refractivity contribution in [3.05, 3.63) is 58.9 Å². The molecule has 142 valence electrons. The summed E-state index contributed by atoms with van der Waals surface area (Å²) in [4.78, 5) is 10.6. The van der Waals surface area contributed by atoms with E-state index in [-0.39, 0.29) is 18.5 Å². The molecule has 4 heterocycles. The highest BCUT2D eigenvalue weighted by Crippen LogP contribution is 2.38. The van der Waals surface area contributed by atoms with E-state index in [9.17, 15) is 13.2 Å². The normalized spacial score (nSPS) is 21.1. The number of aromatic amines is 1. The van der Waals surface area contributed by atoms with Crippen LogP contribution in [0, 0.1) is 11.6 Å². The minimum atomic E-state index is -1.17. The lowest BCUT2D eigenvalue weighted by Gasteiger charge is -2.27. The summed E-state index contributed by atoms with van der Waals surface area (Å²) in [5.74, 6) is -0.239. The second-order valence-electron chi connectivity index (χ2n) is 6.76. The summed E-state index contributed by atoms with van der Waals surface area (Å²) < 4.78 is 42.4. The smallest absolute Gasteiger partial charge is 0.206 e. The molecule has 0 radical (unpaired) electrons. The molecule has 1 N–H and O–H groups in total. The zero-order valence-electron chi connectivity index (χ0n) is 14.5. The van der Waals surface area contributed by atoms with Crippen LogP contribution in [0.2, 0.25) is 0 Å². The van der Waals surface area contributed by atoms with E-state index in [0.29, 0.717) is 29.3 Å². The molecule has 2 aromatic heterocycles. The maximum absolute atomic E-state index is 14.4. The van der Waals surface area contributed by atoms with Crippen LogP contribution in [-0.4, -0.2) is 49.1 Å². The summed E-state index contributed by atoms with van der Waals surface area (Å²) in [5, 5.41) is 13.8. The zero-order chi connectivity index (χ0) is 19.3. The topological polar surface area (TPSA) is 83.0 Å². The van der Waals surface area contributed by atoms with E-state index in [1.165, 1.54) is 0 Å². The summed E-state index contributed by atoms with van der Waals surface area (Å²) >= 11 is 0. The number of pyridine rings is 1. The highest BCUT2D eigenvalue weighted by Gasteiger charge is 2.39. The van der Waals surface area contributed by atoms with Gasteiger partial charge in [-0.05, 0) is 29.5 Å². The summed E-state index contributed by atoms with van der Waals surface area (Å²) in [6.45, 7) is 0.383. The number of benzene rings is 1. The Labute approximate surface area is 157 Å². The highest BCUT2D eigenvalue weighted by atomic mass is 19.1. The van der Waals surface area contributed by atoms with Crippen molar-refractivity contribution < 1.29 is 13.2 Å². The molecule has 1 aromatic carbocycles. The molecule has 0 amide bonds. The molecule has 28 heavy (non-hydrogen) atoms. The number of hydrogen-bond donors (Lipinski definition) is 1. The van der Waals surface area contributed by atoms with Gasteiger partial charge in [0.2, 0.25) is 5.82 Å². The minimum absolute atomic E-state index is 0.0470. The summed E-state index contributed by atoms with van der Waals surface area (Å²) in [7, 11) is 0. The Morgan fingerprint density at radius 1 is 1.18 bits per heavy atom. The van der Waals surface area contributed by atoms with Crippen molar-refractivity contribution in [1.82, 2.24) is 30.5 Å². The van der Waals surface area contributed by atoms with Crippen molar-refractivity contribution in [3.63, 3.8) is 0 Å². The molecular formula is C18H14F3N7. The third-order valence-electron chi connectivity index (χ3n) is 5.03. The van der Waals surface area contributed by atoms with Gasteiger partial charge >= 0.3 is 0 Å². The maximum Gasteiger partial charge on any atom is 0.206 e. The largest absolute Gasteiger partial charge is 0.346 e. The summed E-state index contributed by atoms with van der Waals surface area (Å²) in [6.07, 6.45) is 0.508. The number of nitrogens with zero attached hydrogens (tertiary/aromatic N) is 6. The Morgan fingerprint density at radius 3 is 2.89 bits per heavy atom. The van der Waals surface area contributed by atoms with Crippen LogP contribution >= 0.6 is 0 Å². The predicted molar refractivity (Wildman–Crippen MR) is 93.0 cm³/mol. The lowest BCUT2D eigenvalue weighted by Crippen LogP contribution is -2.32. The SMILES string of the molecule is Fc1ccc(F)c([C@H]2C[C@H](F)CN2C2=NCc3ncc(-c4nn[nH]n4)cc32)c1. The molecule has 5 rings (SSSR count). The minimum Gasteiger partial charge on any atom is -0.346 e. The summed E-state index contributed by atoms with van der Waals surface area (Å²) in [5.41, 5.74) is 2.19. The second-order valence-corrected chi connectivity index (χ2v) is 6.76. The zero-order valence-corrected chi connectivity index (χ0v) is 14.5.